The summed E-state index contributed by atoms with van der Waals surface area (Å²) in [4.78, 5) is 24.0. The molecular formula is C22H15BrClN3O3. The summed E-state index contributed by atoms with van der Waals surface area (Å²) in [6, 6.07) is 20.7. The van der Waals surface area contributed by atoms with Gasteiger partial charge in [-0.05, 0) is 29.3 Å². The molecule has 0 spiro atoms. The summed E-state index contributed by atoms with van der Waals surface area (Å²) in [7, 11) is 0. The summed E-state index contributed by atoms with van der Waals surface area (Å²) in [5.41, 5.74) is 2.43. The highest BCUT2D eigenvalue weighted by Gasteiger charge is 2.35. The van der Waals surface area contributed by atoms with Gasteiger partial charge in [-0.25, -0.2) is 5.01 Å². The Morgan fingerprint density at radius 1 is 1.10 bits per heavy atom. The van der Waals surface area contributed by atoms with Gasteiger partial charge in [-0.3, -0.25) is 14.9 Å². The number of hydrogen-bond donors (Lipinski definition) is 0. The van der Waals surface area contributed by atoms with Crippen LogP contribution in [0.3, 0.4) is 0 Å². The van der Waals surface area contributed by atoms with Crippen LogP contribution >= 0.6 is 27.5 Å². The van der Waals surface area contributed by atoms with Crippen LogP contribution in [0.4, 0.5) is 5.69 Å². The van der Waals surface area contributed by atoms with E-state index in [0.717, 1.165) is 21.3 Å². The molecule has 0 aromatic heterocycles. The molecule has 3 aromatic carbocycles. The van der Waals surface area contributed by atoms with E-state index in [0.29, 0.717) is 6.42 Å². The lowest BCUT2D eigenvalue weighted by Crippen LogP contribution is -2.27. The van der Waals surface area contributed by atoms with Gasteiger partial charge in [0.2, 0.25) is 0 Å². The number of rotatable bonds is 4. The quantitative estimate of drug-likeness (QED) is 0.336. The van der Waals surface area contributed by atoms with Crippen LogP contribution in [0, 0.1) is 10.1 Å². The highest BCUT2D eigenvalue weighted by Crippen LogP contribution is 2.36. The first kappa shape index (κ1) is 20.3. The van der Waals surface area contributed by atoms with Crippen molar-refractivity contribution in [2.75, 3.05) is 0 Å². The molecule has 0 N–H and O–H groups in total. The summed E-state index contributed by atoms with van der Waals surface area (Å²) in [5.74, 6) is -0.484. The van der Waals surface area contributed by atoms with Crippen molar-refractivity contribution < 1.29 is 9.72 Å². The van der Waals surface area contributed by atoms with E-state index < -0.39 is 10.8 Å². The highest BCUT2D eigenvalue weighted by atomic mass is 79.9. The van der Waals surface area contributed by atoms with Crippen molar-refractivity contribution in [1.82, 2.24) is 5.01 Å². The lowest BCUT2D eigenvalue weighted by Gasteiger charge is -2.22. The number of nitro groups is 1. The summed E-state index contributed by atoms with van der Waals surface area (Å²) in [6.45, 7) is 0. The summed E-state index contributed by atoms with van der Waals surface area (Å²) in [6.07, 6.45) is 0.518. The van der Waals surface area contributed by atoms with E-state index in [1.54, 1.807) is 0 Å². The van der Waals surface area contributed by atoms with Crippen LogP contribution < -0.4 is 0 Å². The number of amides is 1. The van der Waals surface area contributed by atoms with Crippen molar-refractivity contribution in [3.05, 3.63) is 109 Å². The van der Waals surface area contributed by atoms with E-state index >= 15 is 0 Å². The molecule has 0 fully saturated rings. The number of hydrazone groups is 1. The van der Waals surface area contributed by atoms with Gasteiger partial charge in [0.1, 0.15) is 0 Å². The normalized spacial score (nSPS) is 15.7. The maximum atomic E-state index is 13.4. The van der Waals surface area contributed by atoms with Gasteiger partial charge in [0.15, 0.2) is 0 Å². The van der Waals surface area contributed by atoms with E-state index in [2.05, 4.69) is 21.0 Å². The van der Waals surface area contributed by atoms with Gasteiger partial charge in [0.05, 0.1) is 27.3 Å². The van der Waals surface area contributed by atoms with Gasteiger partial charge in [0.25, 0.3) is 11.6 Å². The van der Waals surface area contributed by atoms with Crippen molar-refractivity contribution in [1.29, 1.82) is 0 Å². The van der Waals surface area contributed by atoms with Gasteiger partial charge < -0.3 is 0 Å². The first-order valence-corrected chi connectivity index (χ1v) is 10.3. The second kappa shape index (κ2) is 8.38. The zero-order valence-corrected chi connectivity index (χ0v) is 17.9. The molecule has 0 unspecified atom stereocenters. The average Bonchev–Trinajstić information content (AvgIpc) is 3.20. The summed E-state index contributed by atoms with van der Waals surface area (Å²) >= 11 is 9.64. The Kier molecular flexibility index (Phi) is 5.65. The minimum absolute atomic E-state index is 0.0473. The number of non-ortho nitro benzene ring substituents is 1. The molecular weight excluding hydrogens is 470 g/mol. The molecule has 150 valence electrons. The lowest BCUT2D eigenvalue weighted by atomic mass is 9.98. The number of carbonyl (C=O) groups excluding carboxylic acids is 1. The fourth-order valence-electron chi connectivity index (χ4n) is 3.36. The molecule has 3 aromatic rings. The van der Waals surface area contributed by atoms with Crippen molar-refractivity contribution in [3.63, 3.8) is 0 Å². The minimum atomic E-state index is -0.554. The van der Waals surface area contributed by atoms with Crippen molar-refractivity contribution in [2.45, 2.75) is 12.5 Å². The largest absolute Gasteiger partial charge is 0.276 e. The first-order valence-electron chi connectivity index (χ1n) is 9.10. The third-order valence-corrected chi connectivity index (χ3v) is 5.73. The van der Waals surface area contributed by atoms with Crippen LogP contribution in [0.5, 0.6) is 0 Å². The summed E-state index contributed by atoms with van der Waals surface area (Å²) in [5, 5.41) is 17.3. The zero-order valence-electron chi connectivity index (χ0n) is 15.5. The van der Waals surface area contributed by atoms with Crippen LogP contribution in [-0.2, 0) is 0 Å². The van der Waals surface area contributed by atoms with Crippen LogP contribution in [-0.4, -0.2) is 21.6 Å². The second-order valence-corrected chi connectivity index (χ2v) is 8.08. The van der Waals surface area contributed by atoms with E-state index in [9.17, 15) is 14.9 Å². The van der Waals surface area contributed by atoms with Crippen molar-refractivity contribution in [2.24, 2.45) is 5.10 Å². The lowest BCUT2D eigenvalue weighted by molar-refractivity contribution is -0.384. The monoisotopic (exact) mass is 483 g/mol. The van der Waals surface area contributed by atoms with E-state index in [1.165, 1.54) is 23.2 Å². The van der Waals surface area contributed by atoms with Crippen LogP contribution in [0.1, 0.15) is 33.9 Å². The molecule has 1 aliphatic rings. The predicted molar refractivity (Wildman–Crippen MR) is 119 cm³/mol. The molecule has 30 heavy (non-hydrogen) atoms. The van der Waals surface area contributed by atoms with Crippen LogP contribution in [0.2, 0.25) is 5.02 Å². The molecule has 8 heteroatoms. The number of hydrogen-bond acceptors (Lipinski definition) is 4. The zero-order chi connectivity index (χ0) is 21.3. The van der Waals surface area contributed by atoms with E-state index in [4.69, 9.17) is 11.6 Å². The fraction of sp³-hybridized carbons (Fsp3) is 0.0909. The Morgan fingerprint density at radius 3 is 2.47 bits per heavy atom. The Hall–Kier alpha value is -3.03. The first-order chi connectivity index (χ1) is 14.4. The number of benzene rings is 3. The Bertz CT molecular complexity index is 1150. The fourth-order valence-corrected chi connectivity index (χ4v) is 3.82. The van der Waals surface area contributed by atoms with Gasteiger partial charge >= 0.3 is 0 Å². The molecule has 1 atom stereocenters. The number of carbonyl (C=O) groups is 1. The van der Waals surface area contributed by atoms with Gasteiger partial charge in [-0.15, -0.1) is 0 Å². The molecule has 0 saturated heterocycles. The maximum absolute atomic E-state index is 13.4. The molecule has 4 rings (SSSR count). The third-order valence-electron chi connectivity index (χ3n) is 4.87. The van der Waals surface area contributed by atoms with Crippen LogP contribution in [0.15, 0.2) is 82.4 Å². The van der Waals surface area contributed by atoms with Gasteiger partial charge in [0, 0.05) is 23.0 Å². The molecule has 6 nitrogen and oxygen atoms in total. The minimum Gasteiger partial charge on any atom is -0.267 e. The van der Waals surface area contributed by atoms with Crippen LogP contribution in [0.25, 0.3) is 0 Å². The molecule has 0 radical (unpaired) electrons. The molecule has 0 aliphatic carbocycles. The van der Waals surface area contributed by atoms with Gasteiger partial charge in [-0.1, -0.05) is 70.0 Å². The van der Waals surface area contributed by atoms with Gasteiger partial charge in [-0.2, -0.15) is 5.10 Å². The number of nitrogens with zero attached hydrogens (tertiary/aromatic N) is 3. The maximum Gasteiger partial charge on any atom is 0.276 e. The SMILES string of the molecule is O=C(c1cc([N+](=O)[O-])ccc1Cl)N1N=C(c2ccccc2)C[C@@H]1c1ccc(Br)cc1. The second-order valence-electron chi connectivity index (χ2n) is 6.76. The Morgan fingerprint density at radius 2 is 1.80 bits per heavy atom. The number of halogens is 2. The molecule has 0 bridgehead atoms. The molecule has 1 heterocycles. The smallest absolute Gasteiger partial charge is 0.267 e. The summed E-state index contributed by atoms with van der Waals surface area (Å²) < 4.78 is 0.924. The predicted octanol–water partition coefficient (Wildman–Crippen LogP) is 6.00. The third kappa shape index (κ3) is 3.99. The molecule has 1 amide bonds. The number of nitro benzene ring substituents is 1. The Balaban J connectivity index is 1.77. The molecule has 0 saturated carbocycles. The highest BCUT2D eigenvalue weighted by molar-refractivity contribution is 9.10. The van der Waals surface area contributed by atoms with Crippen molar-refractivity contribution in [3.8, 4) is 0 Å². The molecule has 1 aliphatic heterocycles. The standard InChI is InChI=1S/C22H15BrClN3O3/c23-16-8-6-15(7-9-16)21-13-20(14-4-2-1-3-5-14)25-26(21)22(28)18-12-17(27(29)30)10-11-19(18)24/h1-12,21H,13H2/t21-/m1/s1. The average molecular weight is 485 g/mol. The Labute approximate surface area is 186 Å². The van der Waals surface area contributed by atoms with E-state index in [1.807, 2.05) is 54.6 Å². The van der Waals surface area contributed by atoms with Crippen molar-refractivity contribution >= 4 is 44.8 Å². The topological polar surface area (TPSA) is 75.8 Å². The van der Waals surface area contributed by atoms with E-state index in [-0.39, 0.29) is 22.3 Å².